The van der Waals surface area contributed by atoms with Gasteiger partial charge in [0.1, 0.15) is 6.04 Å². The van der Waals surface area contributed by atoms with E-state index in [0.717, 1.165) is 63.0 Å². The number of benzene rings is 1. The summed E-state index contributed by atoms with van der Waals surface area (Å²) in [7, 11) is 0. The predicted molar refractivity (Wildman–Crippen MR) is 107 cm³/mol. The van der Waals surface area contributed by atoms with Gasteiger partial charge in [0, 0.05) is 44.4 Å². The topological polar surface area (TPSA) is 58.4 Å². The van der Waals surface area contributed by atoms with Crippen molar-refractivity contribution in [3.8, 4) is 11.3 Å². The predicted octanol–water partition coefficient (Wildman–Crippen LogP) is 2.94. The van der Waals surface area contributed by atoms with E-state index in [1.54, 1.807) is 0 Å². The van der Waals surface area contributed by atoms with E-state index in [1.807, 2.05) is 57.2 Å². The van der Waals surface area contributed by atoms with Crippen LogP contribution < -0.4 is 0 Å². The van der Waals surface area contributed by atoms with E-state index in [-0.39, 0.29) is 17.9 Å². The fraction of sp³-hybridized carbons (Fsp3) is 0.500. The fourth-order valence-corrected chi connectivity index (χ4v) is 4.27. The first-order valence-corrected chi connectivity index (χ1v) is 10.4. The third-order valence-electron chi connectivity index (χ3n) is 5.79. The van der Waals surface area contributed by atoms with Crippen LogP contribution in [0.15, 0.2) is 42.9 Å². The lowest BCUT2D eigenvalue weighted by Crippen LogP contribution is -2.46. The van der Waals surface area contributed by atoms with Gasteiger partial charge in [0.05, 0.1) is 12.0 Å². The first-order chi connectivity index (χ1) is 13.7. The molecule has 2 aromatic rings. The summed E-state index contributed by atoms with van der Waals surface area (Å²) >= 11 is 0. The number of aromatic nitrogens is 2. The minimum atomic E-state index is -0.233. The molecule has 148 valence electrons. The molecule has 2 aliphatic heterocycles. The zero-order valence-electron chi connectivity index (χ0n) is 16.3. The zero-order valence-corrected chi connectivity index (χ0v) is 16.3. The van der Waals surface area contributed by atoms with E-state index in [0.29, 0.717) is 13.0 Å². The maximum atomic E-state index is 12.7. The molecule has 1 aromatic heterocycles. The van der Waals surface area contributed by atoms with Crippen LogP contribution in [0.5, 0.6) is 0 Å². The van der Waals surface area contributed by atoms with Crippen LogP contribution in [0.4, 0.5) is 0 Å². The smallest absolute Gasteiger partial charge is 0.245 e. The summed E-state index contributed by atoms with van der Waals surface area (Å²) in [5, 5.41) is 0. The van der Waals surface area contributed by atoms with Crippen molar-refractivity contribution in [3.63, 3.8) is 0 Å². The Labute approximate surface area is 166 Å². The molecule has 1 atom stereocenters. The second kappa shape index (κ2) is 8.59. The number of hydrogen-bond acceptors (Lipinski definition) is 3. The molecule has 6 nitrogen and oxygen atoms in total. The van der Waals surface area contributed by atoms with Crippen LogP contribution in [0.3, 0.4) is 0 Å². The van der Waals surface area contributed by atoms with Gasteiger partial charge in [0.25, 0.3) is 0 Å². The molecule has 2 amide bonds. The highest BCUT2D eigenvalue weighted by molar-refractivity contribution is 5.88. The van der Waals surface area contributed by atoms with Gasteiger partial charge >= 0.3 is 0 Å². The van der Waals surface area contributed by atoms with Crippen LogP contribution in [-0.4, -0.2) is 56.8 Å². The molecule has 2 saturated heterocycles. The Bertz CT molecular complexity index is 811. The highest BCUT2D eigenvalue weighted by Gasteiger charge is 2.36. The van der Waals surface area contributed by atoms with E-state index in [4.69, 9.17) is 0 Å². The van der Waals surface area contributed by atoms with Crippen LogP contribution in [0.2, 0.25) is 0 Å². The lowest BCUT2D eigenvalue weighted by Gasteiger charge is -2.27. The SMILES string of the molecule is O=C([C@@H]1CCCN1C(=O)CCCn1cnc(-c2ccccc2)c1)N1CCCC1. The van der Waals surface area contributed by atoms with Gasteiger partial charge in [-0.15, -0.1) is 0 Å². The van der Waals surface area contributed by atoms with Crippen LogP contribution in [0, 0.1) is 0 Å². The quantitative estimate of drug-likeness (QED) is 0.774. The Morgan fingerprint density at radius 3 is 2.61 bits per heavy atom. The molecule has 3 heterocycles. The summed E-state index contributed by atoms with van der Waals surface area (Å²) in [6, 6.07) is 9.85. The molecule has 6 heteroatoms. The lowest BCUT2D eigenvalue weighted by molar-refractivity contribution is -0.143. The number of amides is 2. The molecule has 0 bridgehead atoms. The zero-order chi connectivity index (χ0) is 19.3. The van der Waals surface area contributed by atoms with E-state index in [1.165, 1.54) is 0 Å². The number of rotatable bonds is 6. The summed E-state index contributed by atoms with van der Waals surface area (Å²) in [6.45, 7) is 3.17. The summed E-state index contributed by atoms with van der Waals surface area (Å²) in [5.41, 5.74) is 2.04. The minimum absolute atomic E-state index is 0.110. The van der Waals surface area contributed by atoms with Crippen molar-refractivity contribution in [2.75, 3.05) is 19.6 Å². The largest absolute Gasteiger partial charge is 0.341 e. The molecule has 0 saturated carbocycles. The van der Waals surface area contributed by atoms with Crippen molar-refractivity contribution in [1.82, 2.24) is 19.4 Å². The van der Waals surface area contributed by atoms with Gasteiger partial charge in [-0.05, 0) is 32.1 Å². The third kappa shape index (κ3) is 4.11. The van der Waals surface area contributed by atoms with Gasteiger partial charge in [-0.25, -0.2) is 4.98 Å². The molecule has 28 heavy (non-hydrogen) atoms. The van der Waals surface area contributed by atoms with Crippen molar-refractivity contribution in [3.05, 3.63) is 42.9 Å². The number of likely N-dealkylation sites (tertiary alicyclic amines) is 2. The molecule has 4 rings (SSSR count). The molecule has 1 aromatic carbocycles. The normalized spacial score (nSPS) is 19.4. The Kier molecular flexibility index (Phi) is 5.74. The molecular weight excluding hydrogens is 352 g/mol. The highest BCUT2D eigenvalue weighted by atomic mass is 16.2. The van der Waals surface area contributed by atoms with Crippen molar-refractivity contribution >= 4 is 11.8 Å². The second-order valence-electron chi connectivity index (χ2n) is 7.74. The summed E-state index contributed by atoms with van der Waals surface area (Å²) in [6.07, 6.45) is 8.98. The van der Waals surface area contributed by atoms with Crippen molar-refractivity contribution in [1.29, 1.82) is 0 Å². The maximum Gasteiger partial charge on any atom is 0.245 e. The van der Waals surface area contributed by atoms with Gasteiger partial charge in [-0.1, -0.05) is 30.3 Å². The van der Waals surface area contributed by atoms with Crippen molar-refractivity contribution in [2.24, 2.45) is 0 Å². The Balaban J connectivity index is 1.28. The Morgan fingerprint density at radius 2 is 1.82 bits per heavy atom. The summed E-state index contributed by atoms with van der Waals surface area (Å²) in [5.74, 6) is 0.268. The maximum absolute atomic E-state index is 12.7. The van der Waals surface area contributed by atoms with Crippen molar-refractivity contribution < 1.29 is 9.59 Å². The van der Waals surface area contributed by atoms with Crippen LogP contribution in [0.1, 0.15) is 38.5 Å². The third-order valence-corrected chi connectivity index (χ3v) is 5.79. The number of hydrogen-bond donors (Lipinski definition) is 0. The average molecular weight is 380 g/mol. The van der Waals surface area contributed by atoms with E-state index < -0.39 is 0 Å². The van der Waals surface area contributed by atoms with Gasteiger partial charge in [0.15, 0.2) is 0 Å². The number of imidazole rings is 1. The number of nitrogens with zero attached hydrogens (tertiary/aromatic N) is 4. The molecule has 0 radical (unpaired) electrons. The molecule has 2 fully saturated rings. The molecule has 0 N–H and O–H groups in total. The lowest BCUT2D eigenvalue weighted by atomic mass is 10.1. The van der Waals surface area contributed by atoms with Gasteiger partial charge in [-0.3, -0.25) is 9.59 Å². The van der Waals surface area contributed by atoms with Crippen LogP contribution >= 0.6 is 0 Å². The van der Waals surface area contributed by atoms with Gasteiger partial charge < -0.3 is 14.4 Å². The monoisotopic (exact) mass is 380 g/mol. The molecule has 0 unspecified atom stereocenters. The molecule has 2 aliphatic rings. The standard InChI is InChI=1S/C22H28N4O2/c27-21(26-15-6-10-20(26)22(28)25-13-4-5-14-25)11-7-12-24-16-19(23-17-24)18-8-2-1-3-9-18/h1-3,8-9,16-17,20H,4-7,10-15H2/t20-/m0/s1. The Hall–Kier alpha value is -2.63. The van der Waals surface area contributed by atoms with Crippen molar-refractivity contribution in [2.45, 2.75) is 51.1 Å². The number of carbonyl (C=O) groups excluding carboxylic acids is 2. The second-order valence-corrected chi connectivity index (χ2v) is 7.74. The summed E-state index contributed by atoms with van der Waals surface area (Å²) < 4.78 is 2.03. The summed E-state index contributed by atoms with van der Waals surface area (Å²) in [4.78, 5) is 33.7. The fourth-order valence-electron chi connectivity index (χ4n) is 4.27. The Morgan fingerprint density at radius 1 is 1.04 bits per heavy atom. The number of carbonyl (C=O) groups is 2. The minimum Gasteiger partial charge on any atom is -0.341 e. The first-order valence-electron chi connectivity index (χ1n) is 10.4. The van der Waals surface area contributed by atoms with Gasteiger partial charge in [0.2, 0.25) is 11.8 Å². The van der Waals surface area contributed by atoms with Crippen LogP contribution in [0.25, 0.3) is 11.3 Å². The molecule has 0 aliphatic carbocycles. The number of aryl methyl sites for hydroxylation is 1. The first kappa shape index (κ1) is 18.7. The van der Waals surface area contributed by atoms with E-state index >= 15 is 0 Å². The molecule has 0 spiro atoms. The highest BCUT2D eigenvalue weighted by Crippen LogP contribution is 2.23. The van der Waals surface area contributed by atoms with Gasteiger partial charge in [-0.2, -0.15) is 0 Å². The molecular formula is C22H28N4O2. The van der Waals surface area contributed by atoms with E-state index in [2.05, 4.69) is 4.98 Å². The average Bonchev–Trinajstić information content (AvgIpc) is 3.49. The van der Waals surface area contributed by atoms with E-state index in [9.17, 15) is 9.59 Å². The van der Waals surface area contributed by atoms with Crippen LogP contribution in [-0.2, 0) is 16.1 Å².